The molecule has 2 heteroatoms. The van der Waals surface area contributed by atoms with E-state index in [9.17, 15) is 0 Å². The van der Waals surface area contributed by atoms with Crippen molar-refractivity contribution in [1.29, 1.82) is 0 Å². The Morgan fingerprint density at radius 2 is 1.93 bits per heavy atom. The maximum atomic E-state index is 8.66. The Kier molecular flexibility index (Phi) is 4.63. The fraction of sp³-hybridized carbons (Fsp3) is 0.500. The topological polar surface area (TPSA) is 32.3 Å². The van der Waals surface area contributed by atoms with Crippen LogP contribution in [0.2, 0.25) is 0 Å². The van der Waals surface area contributed by atoms with E-state index in [1.807, 2.05) is 0 Å². The zero-order valence-corrected chi connectivity index (χ0v) is 8.96. The van der Waals surface area contributed by atoms with Crippen LogP contribution in [0.4, 0.5) is 0 Å². The first-order chi connectivity index (χ1) is 6.72. The fourth-order valence-electron chi connectivity index (χ4n) is 1.46. The molecule has 0 saturated carbocycles. The van der Waals surface area contributed by atoms with E-state index in [1.165, 1.54) is 11.1 Å². The van der Waals surface area contributed by atoms with Gasteiger partial charge in [0.25, 0.3) is 0 Å². The van der Waals surface area contributed by atoms with Crippen LogP contribution in [0.25, 0.3) is 0 Å². The van der Waals surface area contributed by atoms with Gasteiger partial charge in [0.05, 0.1) is 6.61 Å². The highest BCUT2D eigenvalue weighted by Gasteiger charge is 2.01. The third-order valence-electron chi connectivity index (χ3n) is 2.27. The van der Waals surface area contributed by atoms with Crippen LogP contribution < -0.4 is 5.32 Å². The monoisotopic (exact) mass is 193 g/mol. The first kappa shape index (κ1) is 11.2. The number of aliphatic hydroxyl groups excluding tert-OH is 1. The summed E-state index contributed by atoms with van der Waals surface area (Å²) in [5, 5.41) is 11.9. The molecule has 2 N–H and O–H groups in total. The molecule has 0 heterocycles. The summed E-state index contributed by atoms with van der Waals surface area (Å²) in [6, 6.07) is 9.01. The van der Waals surface area contributed by atoms with E-state index in [2.05, 4.69) is 43.4 Å². The molecule has 78 valence electrons. The molecule has 0 aromatic heterocycles. The molecule has 1 atom stereocenters. The summed E-state index contributed by atoms with van der Waals surface area (Å²) < 4.78 is 0. The molecule has 14 heavy (non-hydrogen) atoms. The number of nitrogens with one attached hydrogen (secondary N) is 1. The van der Waals surface area contributed by atoms with Gasteiger partial charge in [-0.25, -0.2) is 0 Å². The van der Waals surface area contributed by atoms with Crippen molar-refractivity contribution in [3.8, 4) is 0 Å². The van der Waals surface area contributed by atoms with E-state index in [0.717, 1.165) is 6.42 Å². The second kappa shape index (κ2) is 5.78. The Labute approximate surface area is 86.0 Å². The van der Waals surface area contributed by atoms with Crippen molar-refractivity contribution in [2.24, 2.45) is 0 Å². The molecule has 0 radical (unpaired) electrons. The quantitative estimate of drug-likeness (QED) is 0.743. The summed E-state index contributed by atoms with van der Waals surface area (Å²) in [5.74, 6) is 0. The summed E-state index contributed by atoms with van der Waals surface area (Å²) >= 11 is 0. The van der Waals surface area contributed by atoms with E-state index < -0.39 is 0 Å². The number of hydrogen-bond donors (Lipinski definition) is 2. The van der Waals surface area contributed by atoms with Crippen molar-refractivity contribution in [2.45, 2.75) is 26.3 Å². The summed E-state index contributed by atoms with van der Waals surface area (Å²) in [4.78, 5) is 0. The summed E-state index contributed by atoms with van der Waals surface area (Å²) in [7, 11) is 0. The van der Waals surface area contributed by atoms with Gasteiger partial charge in [0.15, 0.2) is 0 Å². The Bertz CT molecular complexity index is 256. The van der Waals surface area contributed by atoms with Crippen LogP contribution in [0.5, 0.6) is 0 Å². The third kappa shape index (κ3) is 3.90. The molecule has 0 aliphatic rings. The largest absolute Gasteiger partial charge is 0.395 e. The van der Waals surface area contributed by atoms with E-state index in [1.54, 1.807) is 0 Å². The van der Waals surface area contributed by atoms with Gasteiger partial charge in [0.2, 0.25) is 0 Å². The minimum atomic E-state index is 0.207. The normalized spacial score (nSPS) is 12.8. The number of aliphatic hydroxyl groups is 1. The maximum Gasteiger partial charge on any atom is 0.0556 e. The Morgan fingerprint density at radius 3 is 2.50 bits per heavy atom. The minimum absolute atomic E-state index is 0.207. The van der Waals surface area contributed by atoms with Crippen molar-refractivity contribution >= 4 is 0 Å². The second-order valence-electron chi connectivity index (χ2n) is 3.77. The molecular weight excluding hydrogens is 174 g/mol. The summed E-state index contributed by atoms with van der Waals surface area (Å²) in [5.41, 5.74) is 2.64. The molecule has 2 nitrogen and oxygen atoms in total. The number of rotatable bonds is 5. The zero-order valence-electron chi connectivity index (χ0n) is 8.96. The lowest BCUT2D eigenvalue weighted by Crippen LogP contribution is -2.30. The van der Waals surface area contributed by atoms with Crippen molar-refractivity contribution in [2.75, 3.05) is 13.2 Å². The first-order valence-electron chi connectivity index (χ1n) is 5.12. The van der Waals surface area contributed by atoms with Crippen LogP contribution in [0, 0.1) is 6.92 Å². The van der Waals surface area contributed by atoms with E-state index in [0.29, 0.717) is 12.6 Å². The molecule has 0 amide bonds. The van der Waals surface area contributed by atoms with Crippen LogP contribution in [-0.2, 0) is 6.42 Å². The van der Waals surface area contributed by atoms with Crippen molar-refractivity contribution in [3.63, 3.8) is 0 Å². The van der Waals surface area contributed by atoms with Crippen LogP contribution in [0.1, 0.15) is 18.1 Å². The van der Waals surface area contributed by atoms with Crippen molar-refractivity contribution in [3.05, 3.63) is 35.4 Å². The lowest BCUT2D eigenvalue weighted by atomic mass is 10.1. The average Bonchev–Trinajstić information content (AvgIpc) is 2.18. The van der Waals surface area contributed by atoms with Gasteiger partial charge in [0, 0.05) is 12.6 Å². The van der Waals surface area contributed by atoms with Crippen LogP contribution in [-0.4, -0.2) is 24.3 Å². The van der Waals surface area contributed by atoms with Gasteiger partial charge in [-0.2, -0.15) is 0 Å². The van der Waals surface area contributed by atoms with Gasteiger partial charge < -0.3 is 10.4 Å². The van der Waals surface area contributed by atoms with E-state index in [4.69, 9.17) is 5.11 Å². The van der Waals surface area contributed by atoms with Crippen LogP contribution >= 0.6 is 0 Å². The Balaban J connectivity index is 2.39. The SMILES string of the molecule is Cc1ccc(CC(C)NCCO)cc1. The summed E-state index contributed by atoms with van der Waals surface area (Å²) in [6.07, 6.45) is 1.01. The molecule has 1 aromatic rings. The number of aryl methyl sites for hydroxylation is 1. The molecule has 0 aliphatic heterocycles. The average molecular weight is 193 g/mol. The van der Waals surface area contributed by atoms with Crippen molar-refractivity contribution < 1.29 is 5.11 Å². The molecule has 0 aliphatic carbocycles. The molecule has 0 spiro atoms. The van der Waals surface area contributed by atoms with Gasteiger partial charge in [-0.3, -0.25) is 0 Å². The summed E-state index contributed by atoms with van der Waals surface area (Å²) in [6.45, 7) is 5.11. The second-order valence-corrected chi connectivity index (χ2v) is 3.77. The number of hydrogen-bond acceptors (Lipinski definition) is 2. The van der Waals surface area contributed by atoms with Crippen LogP contribution in [0.15, 0.2) is 24.3 Å². The lowest BCUT2D eigenvalue weighted by molar-refractivity contribution is 0.285. The Morgan fingerprint density at radius 1 is 1.29 bits per heavy atom. The van der Waals surface area contributed by atoms with Gasteiger partial charge >= 0.3 is 0 Å². The van der Waals surface area contributed by atoms with Gasteiger partial charge in [-0.15, -0.1) is 0 Å². The smallest absolute Gasteiger partial charge is 0.0556 e. The third-order valence-corrected chi connectivity index (χ3v) is 2.27. The zero-order chi connectivity index (χ0) is 10.4. The molecule has 1 rings (SSSR count). The highest BCUT2D eigenvalue weighted by molar-refractivity contribution is 5.21. The standard InChI is InChI=1S/C12H19NO/c1-10-3-5-12(6-4-10)9-11(2)13-7-8-14/h3-6,11,13-14H,7-9H2,1-2H3. The number of benzene rings is 1. The first-order valence-corrected chi connectivity index (χ1v) is 5.12. The molecular formula is C12H19NO. The lowest BCUT2D eigenvalue weighted by Gasteiger charge is -2.12. The Hall–Kier alpha value is -0.860. The van der Waals surface area contributed by atoms with Gasteiger partial charge in [0.1, 0.15) is 0 Å². The van der Waals surface area contributed by atoms with E-state index >= 15 is 0 Å². The van der Waals surface area contributed by atoms with Crippen LogP contribution in [0.3, 0.4) is 0 Å². The molecule has 1 unspecified atom stereocenters. The van der Waals surface area contributed by atoms with Gasteiger partial charge in [-0.1, -0.05) is 29.8 Å². The predicted molar refractivity (Wildman–Crippen MR) is 59.4 cm³/mol. The highest BCUT2D eigenvalue weighted by atomic mass is 16.3. The van der Waals surface area contributed by atoms with Crippen molar-refractivity contribution in [1.82, 2.24) is 5.32 Å². The van der Waals surface area contributed by atoms with E-state index in [-0.39, 0.29) is 6.61 Å². The maximum absolute atomic E-state index is 8.66. The molecule has 0 fully saturated rings. The van der Waals surface area contributed by atoms with Gasteiger partial charge in [-0.05, 0) is 25.8 Å². The fourth-order valence-corrected chi connectivity index (χ4v) is 1.46. The molecule has 1 aromatic carbocycles. The predicted octanol–water partition coefficient (Wildman–Crippen LogP) is 1.51. The minimum Gasteiger partial charge on any atom is -0.395 e. The molecule has 0 bridgehead atoms. The molecule has 0 saturated heterocycles. The highest BCUT2D eigenvalue weighted by Crippen LogP contribution is 2.05.